The van der Waals surface area contributed by atoms with E-state index in [0.29, 0.717) is 10.8 Å². The second kappa shape index (κ2) is 8.26. The van der Waals surface area contributed by atoms with Gasteiger partial charge in [-0.3, -0.25) is 4.79 Å². The van der Waals surface area contributed by atoms with Gasteiger partial charge in [0.05, 0.1) is 9.77 Å². The predicted molar refractivity (Wildman–Crippen MR) is 90.4 cm³/mol. The van der Waals surface area contributed by atoms with Crippen LogP contribution in [0.3, 0.4) is 0 Å². The van der Waals surface area contributed by atoms with Crippen LogP contribution >= 0.6 is 23.7 Å². The Bertz CT molecular complexity index is 595. The van der Waals surface area contributed by atoms with Crippen LogP contribution in [0.4, 0.5) is 0 Å². The molecule has 2 rings (SSSR count). The van der Waals surface area contributed by atoms with Crippen LogP contribution in [-0.4, -0.2) is 53.0 Å². The first-order chi connectivity index (χ1) is 9.97. The lowest BCUT2D eigenvalue weighted by molar-refractivity contribution is 0.0695. The Labute approximate surface area is 141 Å². The van der Waals surface area contributed by atoms with Crippen molar-refractivity contribution in [3.05, 3.63) is 16.3 Å². The van der Waals surface area contributed by atoms with E-state index >= 15 is 0 Å². The average Bonchev–Trinajstić information content (AvgIpc) is 2.98. The summed E-state index contributed by atoms with van der Waals surface area (Å²) in [5.74, 6) is 0.545. The van der Waals surface area contributed by atoms with Gasteiger partial charge in [0.25, 0.3) is 5.91 Å². The molecule has 1 saturated heterocycles. The molecular weight excluding hydrogens is 346 g/mol. The first kappa shape index (κ1) is 19.4. The van der Waals surface area contributed by atoms with Crippen molar-refractivity contribution in [2.24, 2.45) is 5.92 Å². The van der Waals surface area contributed by atoms with Crippen molar-refractivity contribution >= 4 is 39.7 Å². The molecule has 6 nitrogen and oxygen atoms in total. The zero-order valence-corrected chi connectivity index (χ0v) is 15.1. The summed E-state index contributed by atoms with van der Waals surface area (Å²) in [7, 11) is -0.177. The van der Waals surface area contributed by atoms with E-state index in [1.165, 1.54) is 29.8 Å². The summed E-state index contributed by atoms with van der Waals surface area (Å²) in [5, 5.41) is 4.67. The fraction of sp³-hybridized carbons (Fsp3) is 0.615. The van der Waals surface area contributed by atoms with Crippen LogP contribution in [0.2, 0.25) is 0 Å². The third-order valence-corrected chi connectivity index (χ3v) is 6.22. The highest BCUT2D eigenvalue weighted by atomic mass is 35.5. The number of sulfonamides is 1. The molecule has 0 unspecified atom stereocenters. The van der Waals surface area contributed by atoms with Gasteiger partial charge in [-0.2, -0.15) is 0 Å². The van der Waals surface area contributed by atoms with Gasteiger partial charge in [0.1, 0.15) is 0 Å². The standard InChI is InChI=1S/C13H21N3O3S2.ClH/c1-14-8-10-3-5-16(6-4-10)13(17)12-7-11(9-20-12)21(18,19)15-2;/h7,9-10,14-15H,3-6,8H2,1-2H3;1H. The minimum atomic E-state index is -3.48. The van der Waals surface area contributed by atoms with Crippen LogP contribution in [0.1, 0.15) is 22.5 Å². The summed E-state index contributed by atoms with van der Waals surface area (Å²) in [6, 6.07) is 1.46. The van der Waals surface area contributed by atoms with E-state index in [9.17, 15) is 13.2 Å². The van der Waals surface area contributed by atoms with Gasteiger partial charge in [0.2, 0.25) is 10.0 Å². The van der Waals surface area contributed by atoms with E-state index in [2.05, 4.69) is 10.0 Å². The van der Waals surface area contributed by atoms with Crippen molar-refractivity contribution in [3.63, 3.8) is 0 Å². The molecule has 0 spiro atoms. The predicted octanol–water partition coefficient (Wildman–Crippen LogP) is 1.15. The van der Waals surface area contributed by atoms with Crippen molar-refractivity contribution in [1.29, 1.82) is 0 Å². The highest BCUT2D eigenvalue weighted by Crippen LogP contribution is 2.23. The van der Waals surface area contributed by atoms with Gasteiger partial charge < -0.3 is 10.2 Å². The van der Waals surface area contributed by atoms with Crippen molar-refractivity contribution in [2.45, 2.75) is 17.7 Å². The Kier molecular flexibility index (Phi) is 7.27. The summed E-state index contributed by atoms with van der Waals surface area (Å²) in [5.41, 5.74) is 0. The quantitative estimate of drug-likeness (QED) is 0.818. The maximum Gasteiger partial charge on any atom is 0.263 e. The summed E-state index contributed by atoms with van der Waals surface area (Å²) in [4.78, 5) is 14.8. The zero-order chi connectivity index (χ0) is 15.5. The van der Waals surface area contributed by atoms with E-state index in [0.717, 1.165) is 32.5 Å². The van der Waals surface area contributed by atoms with Gasteiger partial charge in [-0.25, -0.2) is 13.1 Å². The Morgan fingerprint density at radius 3 is 2.55 bits per heavy atom. The van der Waals surface area contributed by atoms with Crippen LogP contribution in [0.5, 0.6) is 0 Å². The SMILES string of the molecule is CNCC1CCN(C(=O)c2cc(S(=O)(=O)NC)cs2)CC1.Cl. The number of piperidine rings is 1. The Morgan fingerprint density at radius 1 is 1.36 bits per heavy atom. The highest BCUT2D eigenvalue weighted by molar-refractivity contribution is 7.89. The fourth-order valence-corrected chi connectivity index (χ4v) is 4.44. The Morgan fingerprint density at radius 2 is 2.00 bits per heavy atom. The zero-order valence-electron chi connectivity index (χ0n) is 12.7. The molecule has 0 aromatic carbocycles. The highest BCUT2D eigenvalue weighted by Gasteiger charge is 2.25. The van der Waals surface area contributed by atoms with Crippen LogP contribution < -0.4 is 10.0 Å². The van der Waals surface area contributed by atoms with Gasteiger partial charge in [-0.15, -0.1) is 23.7 Å². The van der Waals surface area contributed by atoms with Crippen LogP contribution in [0, 0.1) is 5.92 Å². The molecule has 126 valence electrons. The molecule has 1 aliphatic rings. The number of halogens is 1. The topological polar surface area (TPSA) is 78.5 Å². The molecule has 1 aliphatic heterocycles. The third-order valence-electron chi connectivity index (χ3n) is 3.76. The number of thiophene rings is 1. The first-order valence-electron chi connectivity index (χ1n) is 6.94. The van der Waals surface area contributed by atoms with Gasteiger partial charge in [-0.05, 0) is 45.5 Å². The molecule has 1 fully saturated rings. The molecule has 0 radical (unpaired) electrons. The summed E-state index contributed by atoms with van der Waals surface area (Å²) < 4.78 is 25.6. The number of hydrogen-bond acceptors (Lipinski definition) is 5. The summed E-state index contributed by atoms with van der Waals surface area (Å²) >= 11 is 1.18. The lowest BCUT2D eigenvalue weighted by atomic mass is 9.97. The maximum absolute atomic E-state index is 12.4. The molecule has 0 atom stereocenters. The monoisotopic (exact) mass is 367 g/mol. The molecule has 2 N–H and O–H groups in total. The molecule has 22 heavy (non-hydrogen) atoms. The number of amides is 1. The largest absolute Gasteiger partial charge is 0.338 e. The van der Waals surface area contributed by atoms with Crippen molar-refractivity contribution in [2.75, 3.05) is 33.7 Å². The van der Waals surface area contributed by atoms with Gasteiger partial charge in [-0.1, -0.05) is 0 Å². The molecule has 0 saturated carbocycles. The van der Waals surface area contributed by atoms with Crippen LogP contribution in [0.25, 0.3) is 0 Å². The number of carbonyl (C=O) groups is 1. The minimum absolute atomic E-state index is 0. The summed E-state index contributed by atoms with van der Waals surface area (Å²) in [6.45, 7) is 2.44. The molecule has 1 aromatic heterocycles. The number of nitrogens with zero attached hydrogens (tertiary/aromatic N) is 1. The van der Waals surface area contributed by atoms with Crippen LogP contribution in [0.15, 0.2) is 16.3 Å². The second-order valence-electron chi connectivity index (χ2n) is 5.15. The molecule has 0 aliphatic carbocycles. The fourth-order valence-electron chi connectivity index (χ4n) is 2.47. The Hall–Kier alpha value is -0.670. The maximum atomic E-state index is 12.4. The van der Waals surface area contributed by atoms with Gasteiger partial charge >= 0.3 is 0 Å². The number of rotatable bonds is 5. The number of carbonyl (C=O) groups excluding carboxylic acids is 1. The minimum Gasteiger partial charge on any atom is -0.338 e. The first-order valence-corrected chi connectivity index (χ1v) is 9.30. The second-order valence-corrected chi connectivity index (χ2v) is 7.95. The lowest BCUT2D eigenvalue weighted by Crippen LogP contribution is -2.40. The smallest absolute Gasteiger partial charge is 0.263 e. The van der Waals surface area contributed by atoms with Crippen molar-refractivity contribution in [1.82, 2.24) is 14.9 Å². The van der Waals surface area contributed by atoms with E-state index in [4.69, 9.17) is 0 Å². The summed E-state index contributed by atoms with van der Waals surface area (Å²) in [6.07, 6.45) is 1.97. The molecular formula is C13H22ClN3O3S2. The van der Waals surface area contributed by atoms with Gasteiger partial charge in [0.15, 0.2) is 0 Å². The molecule has 0 bridgehead atoms. The molecule has 9 heteroatoms. The van der Waals surface area contributed by atoms with E-state index in [-0.39, 0.29) is 23.2 Å². The number of nitrogens with one attached hydrogen (secondary N) is 2. The van der Waals surface area contributed by atoms with Gasteiger partial charge in [0, 0.05) is 18.5 Å². The normalized spacial score (nSPS) is 16.4. The molecule has 2 heterocycles. The molecule has 1 aromatic rings. The third kappa shape index (κ3) is 4.42. The van der Waals surface area contributed by atoms with E-state index in [1.54, 1.807) is 0 Å². The Balaban J connectivity index is 0.00000242. The number of likely N-dealkylation sites (tertiary alicyclic amines) is 1. The average molecular weight is 368 g/mol. The van der Waals surface area contributed by atoms with Crippen molar-refractivity contribution in [3.8, 4) is 0 Å². The van der Waals surface area contributed by atoms with Crippen LogP contribution in [-0.2, 0) is 10.0 Å². The van der Waals surface area contributed by atoms with E-state index < -0.39 is 10.0 Å². The van der Waals surface area contributed by atoms with E-state index in [1.807, 2.05) is 11.9 Å². The lowest BCUT2D eigenvalue weighted by Gasteiger charge is -2.31. The molecule has 1 amide bonds. The number of hydrogen-bond donors (Lipinski definition) is 2. The van der Waals surface area contributed by atoms with Crippen molar-refractivity contribution < 1.29 is 13.2 Å².